The molecule has 2 heterocycles. The van der Waals surface area contributed by atoms with Gasteiger partial charge in [-0.05, 0) is 36.4 Å². The Morgan fingerprint density at radius 3 is 2.26 bits per heavy atom. The summed E-state index contributed by atoms with van der Waals surface area (Å²) in [5.41, 5.74) is 0.440. The molecule has 3 aromatic carbocycles. The molecule has 0 aliphatic carbocycles. The standard InChI is InChI=1S/C26H26N2O6S/c29-26(22-9-4-5-10-23(22)34-20-7-2-1-3-8-20)27-13-15-28(16-14-27)35(30,31)21-11-12-24-25(19-21)33-18-6-17-32-24/h1-5,7-12,19H,6,13-18H2. The maximum absolute atomic E-state index is 13.3. The van der Waals surface area contributed by atoms with Crippen LogP contribution in [0.15, 0.2) is 77.7 Å². The van der Waals surface area contributed by atoms with Crippen LogP contribution in [0.1, 0.15) is 16.8 Å². The number of hydrogen-bond acceptors (Lipinski definition) is 6. The van der Waals surface area contributed by atoms with Crippen molar-refractivity contribution in [2.45, 2.75) is 11.3 Å². The molecule has 182 valence electrons. The molecule has 0 spiro atoms. The molecule has 8 nitrogen and oxygen atoms in total. The van der Waals surface area contributed by atoms with Crippen molar-refractivity contribution in [3.8, 4) is 23.0 Å². The van der Waals surface area contributed by atoms with Crippen molar-refractivity contribution in [1.82, 2.24) is 9.21 Å². The van der Waals surface area contributed by atoms with E-state index in [0.29, 0.717) is 41.8 Å². The molecule has 35 heavy (non-hydrogen) atoms. The van der Waals surface area contributed by atoms with Crippen LogP contribution < -0.4 is 14.2 Å². The highest BCUT2D eigenvalue weighted by atomic mass is 32.2. The second kappa shape index (κ2) is 9.97. The van der Waals surface area contributed by atoms with E-state index in [1.807, 2.05) is 36.4 Å². The Hall–Kier alpha value is -3.56. The van der Waals surface area contributed by atoms with Gasteiger partial charge in [-0.3, -0.25) is 4.79 Å². The fourth-order valence-electron chi connectivity index (χ4n) is 4.10. The Balaban J connectivity index is 1.28. The summed E-state index contributed by atoms with van der Waals surface area (Å²) >= 11 is 0. The molecule has 1 amide bonds. The number of amides is 1. The maximum Gasteiger partial charge on any atom is 0.257 e. The van der Waals surface area contributed by atoms with Crippen LogP contribution in [-0.2, 0) is 10.0 Å². The molecular formula is C26H26N2O6S. The van der Waals surface area contributed by atoms with Gasteiger partial charge >= 0.3 is 0 Å². The smallest absolute Gasteiger partial charge is 0.257 e. The Kier molecular flexibility index (Phi) is 6.61. The largest absolute Gasteiger partial charge is 0.490 e. The van der Waals surface area contributed by atoms with Crippen LogP contribution in [0.3, 0.4) is 0 Å². The number of hydrogen-bond donors (Lipinski definition) is 0. The van der Waals surface area contributed by atoms with Crippen molar-refractivity contribution < 1.29 is 27.4 Å². The van der Waals surface area contributed by atoms with Crippen molar-refractivity contribution in [1.29, 1.82) is 0 Å². The Labute approximate surface area is 204 Å². The third-order valence-corrected chi connectivity index (χ3v) is 7.87. The molecule has 0 aromatic heterocycles. The molecule has 2 aliphatic rings. The summed E-state index contributed by atoms with van der Waals surface area (Å²) in [5.74, 6) is 1.90. The zero-order chi connectivity index (χ0) is 24.3. The number of rotatable bonds is 5. The van der Waals surface area contributed by atoms with Crippen molar-refractivity contribution in [3.05, 3.63) is 78.4 Å². The molecule has 0 bridgehead atoms. The highest BCUT2D eigenvalue weighted by molar-refractivity contribution is 7.89. The van der Waals surface area contributed by atoms with Crippen LogP contribution >= 0.6 is 0 Å². The van der Waals surface area contributed by atoms with Gasteiger partial charge in [-0.2, -0.15) is 4.31 Å². The lowest BCUT2D eigenvalue weighted by Gasteiger charge is -2.34. The summed E-state index contributed by atoms with van der Waals surface area (Å²) in [4.78, 5) is 15.1. The molecule has 2 aliphatic heterocycles. The predicted octanol–water partition coefficient (Wildman–Crippen LogP) is 3.79. The number of para-hydroxylation sites is 2. The van der Waals surface area contributed by atoms with Crippen molar-refractivity contribution >= 4 is 15.9 Å². The Morgan fingerprint density at radius 1 is 0.800 bits per heavy atom. The van der Waals surface area contributed by atoms with Crippen molar-refractivity contribution in [2.75, 3.05) is 39.4 Å². The lowest BCUT2D eigenvalue weighted by atomic mass is 10.1. The van der Waals surface area contributed by atoms with Gasteiger partial charge in [0.1, 0.15) is 11.5 Å². The minimum absolute atomic E-state index is 0.156. The number of piperazine rings is 1. The van der Waals surface area contributed by atoms with Crippen molar-refractivity contribution in [3.63, 3.8) is 0 Å². The quantitative estimate of drug-likeness (QED) is 0.537. The maximum atomic E-state index is 13.3. The Morgan fingerprint density at radius 2 is 1.49 bits per heavy atom. The SMILES string of the molecule is O=C(c1ccccc1Oc1ccccc1)N1CCN(S(=O)(=O)c2ccc3c(c2)OCCCO3)CC1. The first-order valence-corrected chi connectivity index (χ1v) is 13.0. The highest BCUT2D eigenvalue weighted by Crippen LogP contribution is 2.33. The van der Waals surface area contributed by atoms with E-state index < -0.39 is 10.0 Å². The number of fused-ring (bicyclic) bond motifs is 1. The molecule has 3 aromatic rings. The van der Waals surface area contributed by atoms with Crippen LogP contribution in [0.5, 0.6) is 23.0 Å². The van der Waals surface area contributed by atoms with Gasteiger partial charge in [0.2, 0.25) is 10.0 Å². The van der Waals surface area contributed by atoms with Gasteiger partial charge in [-0.15, -0.1) is 0 Å². The minimum Gasteiger partial charge on any atom is -0.490 e. The first kappa shape index (κ1) is 23.2. The summed E-state index contributed by atoms with van der Waals surface area (Å²) in [7, 11) is -3.73. The van der Waals surface area contributed by atoms with Gasteiger partial charge in [-0.1, -0.05) is 30.3 Å². The summed E-state index contributed by atoms with van der Waals surface area (Å²) in [6.45, 7) is 1.97. The molecule has 1 fully saturated rings. The first-order valence-electron chi connectivity index (χ1n) is 11.5. The summed E-state index contributed by atoms with van der Waals surface area (Å²) < 4.78 is 45.1. The van der Waals surface area contributed by atoms with Gasteiger partial charge < -0.3 is 19.1 Å². The molecule has 1 saturated heterocycles. The van der Waals surface area contributed by atoms with E-state index in [-0.39, 0.29) is 37.0 Å². The average molecular weight is 495 g/mol. The third kappa shape index (κ3) is 4.96. The highest BCUT2D eigenvalue weighted by Gasteiger charge is 2.32. The zero-order valence-corrected chi connectivity index (χ0v) is 19.9. The molecule has 0 saturated carbocycles. The molecule has 0 radical (unpaired) electrons. The van der Waals surface area contributed by atoms with Crippen molar-refractivity contribution in [2.24, 2.45) is 0 Å². The summed E-state index contributed by atoms with van der Waals surface area (Å²) in [6.07, 6.45) is 0.742. The van der Waals surface area contributed by atoms with Gasteiger partial charge in [0, 0.05) is 38.7 Å². The lowest BCUT2D eigenvalue weighted by molar-refractivity contribution is 0.0695. The minimum atomic E-state index is -3.73. The molecule has 5 rings (SSSR count). The van der Waals surface area contributed by atoms with Gasteiger partial charge in [0.05, 0.1) is 23.7 Å². The second-order valence-electron chi connectivity index (χ2n) is 8.27. The number of benzene rings is 3. The number of carbonyl (C=O) groups excluding carboxylic acids is 1. The summed E-state index contributed by atoms with van der Waals surface area (Å²) in [5, 5.41) is 0. The van der Waals surface area contributed by atoms with Crippen LogP contribution in [-0.4, -0.2) is 62.9 Å². The number of carbonyl (C=O) groups is 1. The van der Waals surface area contributed by atoms with E-state index in [2.05, 4.69) is 0 Å². The summed E-state index contributed by atoms with van der Waals surface area (Å²) in [6, 6.07) is 21.0. The topological polar surface area (TPSA) is 85.4 Å². The molecule has 0 N–H and O–H groups in total. The predicted molar refractivity (Wildman–Crippen MR) is 130 cm³/mol. The number of sulfonamides is 1. The van der Waals surface area contributed by atoms with Gasteiger partial charge in [-0.25, -0.2) is 8.42 Å². The van der Waals surface area contributed by atoms with E-state index >= 15 is 0 Å². The van der Waals surface area contributed by atoms with Crippen LogP contribution in [0, 0.1) is 0 Å². The third-order valence-electron chi connectivity index (χ3n) is 5.97. The van der Waals surface area contributed by atoms with E-state index in [0.717, 1.165) is 6.42 Å². The Bertz CT molecular complexity index is 1300. The van der Waals surface area contributed by atoms with Gasteiger partial charge in [0.25, 0.3) is 5.91 Å². The molecule has 9 heteroatoms. The number of nitrogens with zero attached hydrogens (tertiary/aromatic N) is 2. The number of ether oxygens (including phenoxy) is 3. The fraction of sp³-hybridized carbons (Fsp3) is 0.269. The zero-order valence-electron chi connectivity index (χ0n) is 19.1. The van der Waals surface area contributed by atoms with E-state index in [4.69, 9.17) is 14.2 Å². The second-order valence-corrected chi connectivity index (χ2v) is 10.2. The van der Waals surface area contributed by atoms with E-state index in [1.165, 1.54) is 16.4 Å². The normalized spacial score (nSPS) is 16.4. The monoisotopic (exact) mass is 494 g/mol. The van der Waals surface area contributed by atoms with E-state index in [9.17, 15) is 13.2 Å². The van der Waals surface area contributed by atoms with E-state index in [1.54, 1.807) is 29.2 Å². The molecule has 0 unspecified atom stereocenters. The van der Waals surface area contributed by atoms with Crippen LogP contribution in [0.25, 0.3) is 0 Å². The first-order chi connectivity index (χ1) is 17.0. The molecule has 0 atom stereocenters. The molecular weight excluding hydrogens is 468 g/mol. The average Bonchev–Trinajstić information content (AvgIpc) is 3.14. The van der Waals surface area contributed by atoms with Gasteiger partial charge in [0.15, 0.2) is 11.5 Å². The van der Waals surface area contributed by atoms with Crippen LogP contribution in [0.2, 0.25) is 0 Å². The van der Waals surface area contributed by atoms with Crippen LogP contribution in [0.4, 0.5) is 0 Å². The fourth-order valence-corrected chi connectivity index (χ4v) is 5.54. The lowest BCUT2D eigenvalue weighted by Crippen LogP contribution is -2.50.